The fraction of sp³-hybridized carbons (Fsp3) is 0.292. The maximum Gasteiger partial charge on any atom is 0.254 e. The summed E-state index contributed by atoms with van der Waals surface area (Å²) in [7, 11) is 3.65. The molecule has 5 N–H and O–H groups in total. The summed E-state index contributed by atoms with van der Waals surface area (Å²) in [4.78, 5) is 22.8. The van der Waals surface area contributed by atoms with Crippen molar-refractivity contribution in [3.05, 3.63) is 64.6 Å². The maximum atomic E-state index is 14.6. The molecule has 2 heterocycles. The summed E-state index contributed by atoms with van der Waals surface area (Å²) in [6, 6.07) is 8.30. The number of primary amides is 1. The molecule has 1 aliphatic rings. The number of aliphatic hydroxyl groups excluding tert-OH is 1. The van der Waals surface area contributed by atoms with Gasteiger partial charge >= 0.3 is 0 Å². The summed E-state index contributed by atoms with van der Waals surface area (Å²) < 4.78 is 20.2. The summed E-state index contributed by atoms with van der Waals surface area (Å²) in [5, 5.41) is 16.0. The van der Waals surface area contributed by atoms with Crippen molar-refractivity contribution in [2.75, 3.05) is 31.3 Å². The first kappa shape index (κ1) is 23.4. The largest absolute Gasteiger partial charge is 0.495 e. The second-order valence-corrected chi connectivity index (χ2v) is 8.26. The number of nitrogens with two attached hydrogens (primary N) is 1. The molecular weight excluding hydrogens is 439 g/mol. The molecule has 1 aromatic heterocycles. The van der Waals surface area contributed by atoms with Crippen LogP contribution in [0.1, 0.15) is 40.1 Å². The van der Waals surface area contributed by atoms with Gasteiger partial charge in [-0.1, -0.05) is 12.1 Å². The average molecular weight is 467 g/mol. The van der Waals surface area contributed by atoms with Gasteiger partial charge in [0.25, 0.3) is 5.91 Å². The van der Waals surface area contributed by atoms with Gasteiger partial charge in [0.1, 0.15) is 22.9 Å². The molecule has 34 heavy (non-hydrogen) atoms. The number of anilines is 4. The lowest BCUT2D eigenvalue weighted by molar-refractivity contribution is 0.100. The molecule has 0 saturated heterocycles. The fourth-order valence-electron chi connectivity index (χ4n) is 3.97. The van der Waals surface area contributed by atoms with E-state index in [2.05, 4.69) is 32.5 Å². The number of likely N-dealkylation sites (N-methyl/N-ethyl adjacent to an activating group) is 1. The number of fused-ring (bicyclic) bond motifs is 1. The molecule has 9 nitrogen and oxygen atoms in total. The third-order valence-electron chi connectivity index (χ3n) is 5.76. The Bertz CT molecular complexity index is 1230. The predicted molar refractivity (Wildman–Crippen MR) is 127 cm³/mol. The SMILES string of the molecule is COc1cc2c(cc1Nc1ncc(C(N)=O)c(Nc3c(F)cccc3[C@@H](C)O)n1)CN(C)CC2. The molecular formula is C24H27FN6O3. The first-order valence-corrected chi connectivity index (χ1v) is 10.8. The van der Waals surface area contributed by atoms with Crippen LogP contribution in [0.25, 0.3) is 0 Å². The van der Waals surface area contributed by atoms with E-state index >= 15 is 0 Å². The molecule has 1 atom stereocenters. The van der Waals surface area contributed by atoms with Crippen molar-refractivity contribution in [3.63, 3.8) is 0 Å². The highest BCUT2D eigenvalue weighted by Gasteiger charge is 2.20. The van der Waals surface area contributed by atoms with E-state index in [1.54, 1.807) is 13.2 Å². The van der Waals surface area contributed by atoms with Crippen LogP contribution in [0.4, 0.5) is 27.5 Å². The maximum absolute atomic E-state index is 14.6. The van der Waals surface area contributed by atoms with Gasteiger partial charge < -0.3 is 31.1 Å². The third kappa shape index (κ3) is 4.78. The molecule has 0 fully saturated rings. The van der Waals surface area contributed by atoms with E-state index in [1.807, 2.05) is 12.1 Å². The van der Waals surface area contributed by atoms with E-state index in [0.29, 0.717) is 17.0 Å². The number of nitrogens with one attached hydrogen (secondary N) is 2. The van der Waals surface area contributed by atoms with Crippen LogP contribution in [-0.4, -0.2) is 46.6 Å². The fourth-order valence-corrected chi connectivity index (χ4v) is 3.97. The minimum atomic E-state index is -0.951. The summed E-state index contributed by atoms with van der Waals surface area (Å²) >= 11 is 0. The van der Waals surface area contributed by atoms with Crippen molar-refractivity contribution >= 4 is 29.0 Å². The first-order chi connectivity index (χ1) is 16.3. The van der Waals surface area contributed by atoms with Crippen LogP contribution in [0.5, 0.6) is 5.75 Å². The molecule has 10 heteroatoms. The second-order valence-electron chi connectivity index (χ2n) is 8.26. The molecule has 2 aromatic carbocycles. The van der Waals surface area contributed by atoms with Crippen LogP contribution in [0, 0.1) is 5.82 Å². The number of ether oxygens (including phenoxy) is 1. The van der Waals surface area contributed by atoms with Gasteiger partial charge in [0, 0.05) is 24.8 Å². The second kappa shape index (κ2) is 9.62. The molecule has 0 radical (unpaired) electrons. The lowest BCUT2D eigenvalue weighted by Gasteiger charge is -2.26. The number of rotatable bonds is 7. The number of benzene rings is 2. The molecule has 3 aromatic rings. The van der Waals surface area contributed by atoms with Crippen molar-refractivity contribution in [2.45, 2.75) is 26.0 Å². The molecule has 0 saturated carbocycles. The lowest BCUT2D eigenvalue weighted by atomic mass is 9.99. The zero-order chi connectivity index (χ0) is 24.4. The lowest BCUT2D eigenvalue weighted by Crippen LogP contribution is -2.26. The summed E-state index contributed by atoms with van der Waals surface area (Å²) in [6.07, 6.45) is 1.24. The van der Waals surface area contributed by atoms with Crippen molar-refractivity contribution in [2.24, 2.45) is 5.73 Å². The van der Waals surface area contributed by atoms with Crippen LogP contribution in [0.3, 0.4) is 0 Å². The number of carbonyl (C=O) groups excluding carboxylic acids is 1. The standard InChI is InChI=1S/C24H27FN6O3/c1-13(32)16-5-4-6-18(25)21(16)29-23-17(22(26)33)11-27-24(30-23)28-19-9-15-12-31(2)8-7-14(15)10-20(19)34-3/h4-6,9-11,13,32H,7-8,12H2,1-3H3,(H2,26,33)(H2,27,28,29,30)/t13-/m1/s1. The molecule has 1 amide bonds. The predicted octanol–water partition coefficient (Wildman–Crippen LogP) is 3.25. The van der Waals surface area contributed by atoms with Gasteiger partial charge in [-0.25, -0.2) is 9.37 Å². The smallest absolute Gasteiger partial charge is 0.254 e. The van der Waals surface area contributed by atoms with Gasteiger partial charge in [0.15, 0.2) is 0 Å². The van der Waals surface area contributed by atoms with Crippen LogP contribution in [-0.2, 0) is 13.0 Å². The quantitative estimate of drug-likeness (QED) is 0.418. The highest BCUT2D eigenvalue weighted by atomic mass is 19.1. The van der Waals surface area contributed by atoms with Crippen LogP contribution in [0.2, 0.25) is 0 Å². The van der Waals surface area contributed by atoms with Crippen molar-refractivity contribution in [1.82, 2.24) is 14.9 Å². The molecule has 0 spiro atoms. The normalized spacial score (nSPS) is 14.3. The molecule has 178 valence electrons. The molecule has 0 bridgehead atoms. The highest BCUT2D eigenvalue weighted by molar-refractivity contribution is 5.98. The number of aromatic nitrogens is 2. The summed E-state index contributed by atoms with van der Waals surface area (Å²) in [5.41, 5.74) is 8.82. The minimum Gasteiger partial charge on any atom is -0.495 e. The number of nitrogens with zero attached hydrogens (tertiary/aromatic N) is 3. The van der Waals surface area contributed by atoms with Crippen LogP contribution in [0.15, 0.2) is 36.5 Å². The number of para-hydroxylation sites is 1. The Labute approximate surface area is 196 Å². The summed E-state index contributed by atoms with van der Waals surface area (Å²) in [6.45, 7) is 3.29. The number of hydrogen-bond donors (Lipinski definition) is 4. The number of methoxy groups -OCH3 is 1. The Morgan fingerprint density at radius 2 is 2.09 bits per heavy atom. The van der Waals surface area contributed by atoms with Crippen molar-refractivity contribution in [3.8, 4) is 5.75 Å². The van der Waals surface area contributed by atoms with Gasteiger partial charge in [0.2, 0.25) is 5.95 Å². The molecule has 1 aliphatic heterocycles. The Balaban J connectivity index is 1.72. The molecule has 0 aliphatic carbocycles. The van der Waals surface area contributed by atoms with Crippen molar-refractivity contribution < 1.29 is 19.0 Å². The Hall–Kier alpha value is -3.76. The van der Waals surface area contributed by atoms with Crippen LogP contribution >= 0.6 is 0 Å². The monoisotopic (exact) mass is 466 g/mol. The van der Waals surface area contributed by atoms with Gasteiger partial charge in [-0.05, 0) is 49.7 Å². The molecule has 4 rings (SSSR count). The van der Waals surface area contributed by atoms with E-state index in [9.17, 15) is 14.3 Å². The van der Waals surface area contributed by atoms with E-state index in [4.69, 9.17) is 10.5 Å². The number of halogens is 1. The number of hydrogen-bond acceptors (Lipinski definition) is 8. The Morgan fingerprint density at radius 3 is 2.79 bits per heavy atom. The summed E-state index contributed by atoms with van der Waals surface area (Å²) in [5.74, 6) is -0.592. The van der Waals surface area contributed by atoms with E-state index in [-0.39, 0.29) is 23.0 Å². The topological polar surface area (TPSA) is 126 Å². The number of aliphatic hydroxyl groups is 1. The van der Waals surface area contributed by atoms with Crippen molar-refractivity contribution in [1.29, 1.82) is 0 Å². The van der Waals surface area contributed by atoms with Gasteiger partial charge in [-0.15, -0.1) is 0 Å². The first-order valence-electron chi connectivity index (χ1n) is 10.8. The van der Waals surface area contributed by atoms with E-state index in [0.717, 1.165) is 25.1 Å². The Kier molecular flexibility index (Phi) is 6.62. The zero-order valence-electron chi connectivity index (χ0n) is 19.2. The van der Waals surface area contributed by atoms with Gasteiger partial charge in [-0.3, -0.25) is 4.79 Å². The minimum absolute atomic E-state index is 0.000881. The number of carbonyl (C=O) groups is 1. The highest BCUT2D eigenvalue weighted by Crippen LogP contribution is 2.34. The van der Waals surface area contributed by atoms with Crippen LogP contribution < -0.4 is 21.1 Å². The number of amides is 1. The Morgan fingerprint density at radius 1 is 1.29 bits per heavy atom. The van der Waals surface area contributed by atoms with Gasteiger partial charge in [-0.2, -0.15) is 4.98 Å². The van der Waals surface area contributed by atoms with E-state index in [1.165, 1.54) is 30.8 Å². The third-order valence-corrected chi connectivity index (χ3v) is 5.76. The average Bonchev–Trinajstić information content (AvgIpc) is 2.79. The van der Waals surface area contributed by atoms with Gasteiger partial charge in [0.05, 0.1) is 24.6 Å². The molecule has 0 unspecified atom stereocenters. The van der Waals surface area contributed by atoms with E-state index < -0.39 is 17.8 Å². The zero-order valence-corrected chi connectivity index (χ0v) is 19.2.